The zero-order valence-electron chi connectivity index (χ0n) is 14.2. The summed E-state index contributed by atoms with van der Waals surface area (Å²) >= 11 is 0. The molecule has 2 saturated carbocycles. The summed E-state index contributed by atoms with van der Waals surface area (Å²) in [5.74, 6) is 4.25. The van der Waals surface area contributed by atoms with Gasteiger partial charge in [-0.3, -0.25) is 0 Å². The molecule has 0 bridgehead atoms. The zero-order chi connectivity index (χ0) is 14.8. The molecule has 0 saturated heterocycles. The van der Waals surface area contributed by atoms with Crippen LogP contribution in [-0.2, 0) is 0 Å². The highest BCUT2D eigenvalue weighted by atomic mass is 16.3. The molecular weight excluding hydrogens is 244 g/mol. The lowest BCUT2D eigenvalue weighted by Gasteiger charge is -2.43. The molecule has 0 spiro atoms. The first-order valence-corrected chi connectivity index (χ1v) is 9.18. The molecule has 1 nitrogen and oxygen atoms in total. The van der Waals surface area contributed by atoms with Gasteiger partial charge in [0.05, 0.1) is 5.60 Å². The second-order valence-electron chi connectivity index (χ2n) is 8.26. The van der Waals surface area contributed by atoms with Gasteiger partial charge in [-0.15, -0.1) is 0 Å². The number of rotatable bonds is 8. The highest BCUT2D eigenvalue weighted by Gasteiger charge is 2.51. The Labute approximate surface area is 126 Å². The van der Waals surface area contributed by atoms with Gasteiger partial charge in [-0.25, -0.2) is 0 Å². The number of hydrogen-bond acceptors (Lipinski definition) is 1. The molecule has 0 aromatic heterocycles. The molecule has 1 heteroatoms. The van der Waals surface area contributed by atoms with Gasteiger partial charge in [0.25, 0.3) is 0 Å². The van der Waals surface area contributed by atoms with Crippen LogP contribution in [0.25, 0.3) is 0 Å². The SMILES string of the molecule is CCCCCCCC(C)(O)C1CC2CC(C(C)C)C2C1. The molecule has 0 amide bonds. The minimum Gasteiger partial charge on any atom is -0.390 e. The van der Waals surface area contributed by atoms with Gasteiger partial charge in [-0.05, 0) is 62.2 Å². The van der Waals surface area contributed by atoms with E-state index in [9.17, 15) is 5.11 Å². The third-order valence-corrected chi connectivity index (χ3v) is 6.40. The van der Waals surface area contributed by atoms with Crippen molar-refractivity contribution in [3.63, 3.8) is 0 Å². The van der Waals surface area contributed by atoms with E-state index >= 15 is 0 Å². The van der Waals surface area contributed by atoms with Crippen molar-refractivity contribution in [1.82, 2.24) is 0 Å². The lowest BCUT2D eigenvalue weighted by atomic mass is 9.62. The summed E-state index contributed by atoms with van der Waals surface area (Å²) in [4.78, 5) is 0. The van der Waals surface area contributed by atoms with Crippen LogP contribution >= 0.6 is 0 Å². The summed E-state index contributed by atoms with van der Waals surface area (Å²) in [6, 6.07) is 0. The van der Waals surface area contributed by atoms with E-state index in [0.717, 1.165) is 30.1 Å². The summed E-state index contributed by atoms with van der Waals surface area (Å²) in [6.45, 7) is 9.13. The van der Waals surface area contributed by atoms with Crippen LogP contribution in [0.15, 0.2) is 0 Å². The molecular formula is C19H36O. The first-order chi connectivity index (χ1) is 9.45. The fourth-order valence-corrected chi connectivity index (χ4v) is 4.85. The van der Waals surface area contributed by atoms with Gasteiger partial charge in [0.15, 0.2) is 0 Å². The molecule has 2 aliphatic carbocycles. The van der Waals surface area contributed by atoms with Crippen LogP contribution in [0.3, 0.4) is 0 Å². The third kappa shape index (κ3) is 3.59. The number of hydrogen-bond donors (Lipinski definition) is 1. The van der Waals surface area contributed by atoms with E-state index in [-0.39, 0.29) is 0 Å². The summed E-state index contributed by atoms with van der Waals surface area (Å²) < 4.78 is 0. The molecule has 20 heavy (non-hydrogen) atoms. The Bertz CT molecular complexity index is 294. The van der Waals surface area contributed by atoms with Crippen LogP contribution in [0.1, 0.15) is 85.5 Å². The molecule has 2 rings (SSSR count). The normalized spacial score (nSPS) is 35.7. The molecule has 0 heterocycles. The average molecular weight is 280 g/mol. The number of unbranched alkanes of at least 4 members (excludes halogenated alkanes) is 4. The molecule has 0 aromatic carbocycles. The van der Waals surface area contributed by atoms with Gasteiger partial charge >= 0.3 is 0 Å². The van der Waals surface area contributed by atoms with Crippen molar-refractivity contribution in [3.05, 3.63) is 0 Å². The first kappa shape index (κ1) is 16.3. The zero-order valence-corrected chi connectivity index (χ0v) is 14.2. The molecule has 2 aliphatic rings. The van der Waals surface area contributed by atoms with Crippen LogP contribution in [0.2, 0.25) is 0 Å². The third-order valence-electron chi connectivity index (χ3n) is 6.40. The van der Waals surface area contributed by atoms with Crippen LogP contribution in [-0.4, -0.2) is 10.7 Å². The van der Waals surface area contributed by atoms with Crippen molar-refractivity contribution in [2.24, 2.45) is 29.6 Å². The molecule has 5 atom stereocenters. The predicted molar refractivity (Wildman–Crippen MR) is 86.6 cm³/mol. The molecule has 0 radical (unpaired) electrons. The molecule has 5 unspecified atom stereocenters. The molecule has 1 N–H and O–H groups in total. The Morgan fingerprint density at radius 1 is 1.05 bits per heavy atom. The van der Waals surface area contributed by atoms with Crippen molar-refractivity contribution in [2.45, 2.75) is 91.1 Å². The standard InChI is InChI=1S/C19H36O/c1-5-6-7-8-9-10-19(4,20)16-11-15-12-17(14(2)3)18(15)13-16/h14-18,20H,5-13H2,1-4H3. The quantitative estimate of drug-likeness (QED) is 0.589. The highest BCUT2D eigenvalue weighted by molar-refractivity contribution is 5.01. The topological polar surface area (TPSA) is 20.2 Å². The highest BCUT2D eigenvalue weighted by Crippen LogP contribution is 2.58. The van der Waals surface area contributed by atoms with E-state index in [1.807, 2.05) is 0 Å². The first-order valence-electron chi connectivity index (χ1n) is 9.18. The van der Waals surface area contributed by atoms with E-state index in [0.29, 0.717) is 5.92 Å². The summed E-state index contributed by atoms with van der Waals surface area (Å²) in [5, 5.41) is 10.9. The maximum absolute atomic E-state index is 10.9. The Morgan fingerprint density at radius 3 is 2.40 bits per heavy atom. The number of fused-ring (bicyclic) bond motifs is 1. The monoisotopic (exact) mass is 280 g/mol. The van der Waals surface area contributed by atoms with Gasteiger partial charge in [-0.2, -0.15) is 0 Å². The molecule has 0 aromatic rings. The Morgan fingerprint density at radius 2 is 1.75 bits per heavy atom. The smallest absolute Gasteiger partial charge is 0.0648 e. The maximum Gasteiger partial charge on any atom is 0.0648 e. The minimum atomic E-state index is -0.398. The Hall–Kier alpha value is -0.0400. The van der Waals surface area contributed by atoms with Gasteiger partial charge < -0.3 is 5.11 Å². The van der Waals surface area contributed by atoms with Gasteiger partial charge in [0, 0.05) is 0 Å². The van der Waals surface area contributed by atoms with Crippen LogP contribution in [0.4, 0.5) is 0 Å². The largest absolute Gasteiger partial charge is 0.390 e. The van der Waals surface area contributed by atoms with E-state index in [1.165, 1.54) is 51.4 Å². The van der Waals surface area contributed by atoms with Crippen molar-refractivity contribution >= 4 is 0 Å². The number of aliphatic hydroxyl groups is 1. The van der Waals surface area contributed by atoms with Crippen molar-refractivity contribution in [2.75, 3.05) is 0 Å². The van der Waals surface area contributed by atoms with E-state index < -0.39 is 5.60 Å². The van der Waals surface area contributed by atoms with Crippen molar-refractivity contribution < 1.29 is 5.11 Å². The second kappa shape index (κ2) is 6.81. The lowest BCUT2D eigenvalue weighted by Crippen LogP contribution is -2.35. The van der Waals surface area contributed by atoms with Crippen molar-refractivity contribution in [3.8, 4) is 0 Å². The fraction of sp³-hybridized carbons (Fsp3) is 1.00. The van der Waals surface area contributed by atoms with Gasteiger partial charge in [0.2, 0.25) is 0 Å². The van der Waals surface area contributed by atoms with Crippen LogP contribution in [0, 0.1) is 29.6 Å². The Kier molecular flexibility index (Phi) is 5.56. The minimum absolute atomic E-state index is 0.398. The second-order valence-corrected chi connectivity index (χ2v) is 8.26. The fourth-order valence-electron chi connectivity index (χ4n) is 4.85. The summed E-state index contributed by atoms with van der Waals surface area (Å²) in [6.07, 6.45) is 11.6. The van der Waals surface area contributed by atoms with Crippen LogP contribution in [0.5, 0.6) is 0 Å². The average Bonchev–Trinajstić information content (AvgIpc) is 2.67. The molecule has 118 valence electrons. The lowest BCUT2D eigenvalue weighted by molar-refractivity contribution is -0.0105. The van der Waals surface area contributed by atoms with Gasteiger partial charge in [-0.1, -0.05) is 52.9 Å². The van der Waals surface area contributed by atoms with E-state index in [4.69, 9.17) is 0 Å². The predicted octanol–water partition coefficient (Wildman–Crippen LogP) is 5.42. The maximum atomic E-state index is 10.9. The molecule has 2 fully saturated rings. The van der Waals surface area contributed by atoms with Gasteiger partial charge in [0.1, 0.15) is 0 Å². The van der Waals surface area contributed by atoms with Crippen LogP contribution < -0.4 is 0 Å². The molecule has 0 aliphatic heterocycles. The van der Waals surface area contributed by atoms with E-state index in [1.54, 1.807) is 0 Å². The Balaban J connectivity index is 1.74. The summed E-state index contributed by atoms with van der Waals surface area (Å²) in [7, 11) is 0. The van der Waals surface area contributed by atoms with Crippen molar-refractivity contribution in [1.29, 1.82) is 0 Å². The summed E-state index contributed by atoms with van der Waals surface area (Å²) in [5.41, 5.74) is -0.398. The van der Waals surface area contributed by atoms with E-state index in [2.05, 4.69) is 27.7 Å².